The zero-order valence-corrected chi connectivity index (χ0v) is 17.7. The first kappa shape index (κ1) is 21.1. The summed E-state index contributed by atoms with van der Waals surface area (Å²) in [6.07, 6.45) is 3.27. The van der Waals surface area contributed by atoms with Crippen LogP contribution in [0.3, 0.4) is 0 Å². The molecule has 2 aromatic carbocycles. The van der Waals surface area contributed by atoms with E-state index < -0.39 is 17.7 Å². The normalized spacial score (nSPS) is 17.4. The number of pyridine rings is 1. The van der Waals surface area contributed by atoms with E-state index in [1.165, 1.54) is 19.1 Å². The summed E-state index contributed by atoms with van der Waals surface area (Å²) in [6.45, 7) is 0.134. The summed E-state index contributed by atoms with van der Waals surface area (Å²) in [6, 6.07) is 16.5. The molecule has 0 radical (unpaired) electrons. The number of aromatic nitrogens is 1. The van der Waals surface area contributed by atoms with Crippen LogP contribution < -0.4 is 9.47 Å². The van der Waals surface area contributed by atoms with Crippen molar-refractivity contribution in [3.05, 3.63) is 95.3 Å². The lowest BCUT2D eigenvalue weighted by Crippen LogP contribution is -2.29. The lowest BCUT2D eigenvalue weighted by atomic mass is 9.94. The molecule has 0 aliphatic carbocycles. The number of methoxy groups -OCH3 is 2. The van der Waals surface area contributed by atoms with Crippen LogP contribution in [0.1, 0.15) is 22.7 Å². The molecule has 4 rings (SSSR count). The van der Waals surface area contributed by atoms with Crippen molar-refractivity contribution in [1.29, 1.82) is 0 Å². The average molecular weight is 430 g/mol. The predicted octanol–water partition coefficient (Wildman–Crippen LogP) is 3.72. The second kappa shape index (κ2) is 8.93. The highest BCUT2D eigenvalue weighted by atomic mass is 16.5. The van der Waals surface area contributed by atoms with Crippen molar-refractivity contribution in [2.24, 2.45) is 0 Å². The van der Waals surface area contributed by atoms with E-state index in [0.29, 0.717) is 22.6 Å². The van der Waals surface area contributed by atoms with Gasteiger partial charge in [0.2, 0.25) is 0 Å². The van der Waals surface area contributed by atoms with Crippen LogP contribution in [0, 0.1) is 0 Å². The fraction of sp³-hybridized carbons (Fsp3) is 0.160. The molecule has 1 N–H and O–H groups in total. The second-order valence-electron chi connectivity index (χ2n) is 7.26. The Hall–Kier alpha value is -4.13. The molecule has 1 aliphatic heterocycles. The van der Waals surface area contributed by atoms with Crippen molar-refractivity contribution >= 4 is 17.4 Å². The zero-order chi connectivity index (χ0) is 22.7. The van der Waals surface area contributed by atoms with E-state index in [2.05, 4.69) is 4.98 Å². The van der Waals surface area contributed by atoms with E-state index in [-0.39, 0.29) is 17.9 Å². The molecular formula is C25H22N2O5. The average Bonchev–Trinajstić information content (AvgIpc) is 3.09. The van der Waals surface area contributed by atoms with Gasteiger partial charge in [0.05, 0.1) is 25.8 Å². The number of aliphatic hydroxyl groups excluding tert-OH is 1. The molecule has 1 saturated heterocycles. The fourth-order valence-corrected chi connectivity index (χ4v) is 3.86. The standard InChI is InChI=1S/C25H22N2O5/c1-31-18-10-11-20(32-2)19(13-18)22-21(23(28)17-8-4-3-5-9-17)24(29)25(30)27(22)15-16-7-6-12-26-14-16/h3-14,22,28H,15H2,1-2H3/b23-21-. The molecule has 3 aromatic rings. The Bertz CT molecular complexity index is 1180. The number of hydrogen-bond acceptors (Lipinski definition) is 6. The van der Waals surface area contributed by atoms with Crippen LogP contribution in [0.15, 0.2) is 78.6 Å². The molecule has 1 aliphatic rings. The summed E-state index contributed by atoms with van der Waals surface area (Å²) in [7, 11) is 3.04. The molecule has 162 valence electrons. The highest BCUT2D eigenvalue weighted by Crippen LogP contribution is 2.44. The van der Waals surface area contributed by atoms with Crippen molar-refractivity contribution in [2.45, 2.75) is 12.6 Å². The van der Waals surface area contributed by atoms with Crippen molar-refractivity contribution in [1.82, 2.24) is 9.88 Å². The minimum absolute atomic E-state index is 0.00311. The SMILES string of the molecule is COc1ccc(OC)c(C2/C(=C(/O)c3ccccc3)C(=O)C(=O)N2Cc2cccnc2)c1. The Morgan fingerprint density at radius 1 is 1.03 bits per heavy atom. The van der Waals surface area contributed by atoms with Gasteiger partial charge in [0, 0.05) is 30.1 Å². The largest absolute Gasteiger partial charge is 0.507 e. The number of Topliss-reactive ketones (excluding diaryl/α,β-unsaturated/α-hetero) is 1. The maximum absolute atomic E-state index is 13.2. The quantitative estimate of drug-likeness (QED) is 0.364. The molecule has 1 aromatic heterocycles. The third-order valence-corrected chi connectivity index (χ3v) is 5.39. The number of likely N-dealkylation sites (tertiary alicyclic amines) is 1. The first-order valence-corrected chi connectivity index (χ1v) is 9.99. The van der Waals surface area contributed by atoms with Crippen LogP contribution in [0.5, 0.6) is 11.5 Å². The number of nitrogens with zero attached hydrogens (tertiary/aromatic N) is 2. The topological polar surface area (TPSA) is 89.0 Å². The molecule has 0 saturated carbocycles. The number of ketones is 1. The number of aliphatic hydroxyl groups is 1. The first-order chi connectivity index (χ1) is 15.5. The Labute approximate surface area is 185 Å². The third-order valence-electron chi connectivity index (χ3n) is 5.39. The van der Waals surface area contributed by atoms with Gasteiger partial charge in [-0.1, -0.05) is 36.4 Å². The molecular weight excluding hydrogens is 408 g/mol. The first-order valence-electron chi connectivity index (χ1n) is 9.99. The van der Waals surface area contributed by atoms with Crippen LogP contribution in [0.2, 0.25) is 0 Å². The summed E-state index contributed by atoms with van der Waals surface area (Å²) in [5.74, 6) is -0.709. The number of hydrogen-bond donors (Lipinski definition) is 1. The Kier molecular flexibility index (Phi) is 5.89. The van der Waals surface area contributed by atoms with Gasteiger partial charge in [-0.25, -0.2) is 0 Å². The smallest absolute Gasteiger partial charge is 0.295 e. The minimum atomic E-state index is -0.875. The molecule has 1 unspecified atom stereocenters. The van der Waals surface area contributed by atoms with Crippen LogP contribution in [0.25, 0.3) is 5.76 Å². The lowest BCUT2D eigenvalue weighted by Gasteiger charge is -2.27. The fourth-order valence-electron chi connectivity index (χ4n) is 3.86. The van der Waals surface area contributed by atoms with Crippen molar-refractivity contribution in [3.8, 4) is 11.5 Å². The molecule has 2 heterocycles. The molecule has 7 heteroatoms. The number of carbonyl (C=O) groups is 2. The molecule has 0 bridgehead atoms. The van der Waals surface area contributed by atoms with Crippen LogP contribution in [-0.2, 0) is 16.1 Å². The molecule has 1 atom stereocenters. The summed E-state index contributed by atoms with van der Waals surface area (Å²) in [5, 5.41) is 11.1. The van der Waals surface area contributed by atoms with Crippen molar-refractivity contribution in [2.75, 3.05) is 14.2 Å². The van der Waals surface area contributed by atoms with E-state index in [1.807, 2.05) is 6.07 Å². The Morgan fingerprint density at radius 3 is 2.47 bits per heavy atom. The molecule has 0 spiro atoms. The van der Waals surface area contributed by atoms with Gasteiger partial charge in [0.25, 0.3) is 11.7 Å². The molecule has 1 fully saturated rings. The number of benzene rings is 2. The van der Waals surface area contributed by atoms with E-state index in [9.17, 15) is 14.7 Å². The summed E-state index contributed by atoms with van der Waals surface area (Å²) in [5.41, 5.74) is 1.73. The van der Waals surface area contributed by atoms with E-state index in [1.54, 1.807) is 67.0 Å². The Morgan fingerprint density at radius 2 is 1.81 bits per heavy atom. The van der Waals surface area contributed by atoms with E-state index in [0.717, 1.165) is 5.56 Å². The van der Waals surface area contributed by atoms with Gasteiger partial charge >= 0.3 is 0 Å². The predicted molar refractivity (Wildman–Crippen MR) is 118 cm³/mol. The maximum atomic E-state index is 13.2. The van der Waals surface area contributed by atoms with Crippen molar-refractivity contribution in [3.63, 3.8) is 0 Å². The van der Waals surface area contributed by atoms with Gasteiger partial charge in [-0.15, -0.1) is 0 Å². The van der Waals surface area contributed by atoms with Gasteiger partial charge in [0.1, 0.15) is 17.3 Å². The number of rotatable bonds is 6. The van der Waals surface area contributed by atoms with Gasteiger partial charge in [-0.05, 0) is 29.8 Å². The minimum Gasteiger partial charge on any atom is -0.507 e. The molecule has 1 amide bonds. The summed E-state index contributed by atoms with van der Waals surface area (Å²) >= 11 is 0. The van der Waals surface area contributed by atoms with Crippen LogP contribution >= 0.6 is 0 Å². The van der Waals surface area contributed by atoms with Gasteiger partial charge < -0.3 is 19.5 Å². The molecule has 32 heavy (non-hydrogen) atoms. The monoisotopic (exact) mass is 430 g/mol. The van der Waals surface area contributed by atoms with E-state index in [4.69, 9.17) is 9.47 Å². The Balaban J connectivity index is 1.93. The number of ether oxygens (including phenoxy) is 2. The highest BCUT2D eigenvalue weighted by Gasteiger charge is 2.47. The third kappa shape index (κ3) is 3.80. The van der Waals surface area contributed by atoms with Crippen LogP contribution in [0.4, 0.5) is 0 Å². The van der Waals surface area contributed by atoms with E-state index >= 15 is 0 Å². The lowest BCUT2D eigenvalue weighted by molar-refractivity contribution is -0.140. The number of amides is 1. The van der Waals surface area contributed by atoms with Gasteiger partial charge in [0.15, 0.2) is 0 Å². The summed E-state index contributed by atoms with van der Waals surface area (Å²) in [4.78, 5) is 31.8. The van der Waals surface area contributed by atoms with Crippen LogP contribution in [-0.4, -0.2) is 40.9 Å². The zero-order valence-electron chi connectivity index (χ0n) is 17.7. The highest BCUT2D eigenvalue weighted by molar-refractivity contribution is 6.46. The molecule has 7 nitrogen and oxygen atoms in total. The van der Waals surface area contributed by atoms with Gasteiger partial charge in [-0.2, -0.15) is 0 Å². The van der Waals surface area contributed by atoms with Gasteiger partial charge in [-0.3, -0.25) is 14.6 Å². The second-order valence-corrected chi connectivity index (χ2v) is 7.26. The van der Waals surface area contributed by atoms with Crippen molar-refractivity contribution < 1.29 is 24.2 Å². The maximum Gasteiger partial charge on any atom is 0.295 e. The number of carbonyl (C=O) groups excluding carboxylic acids is 2. The summed E-state index contributed by atoms with van der Waals surface area (Å²) < 4.78 is 10.9.